The zero-order chi connectivity index (χ0) is 13.7. The third kappa shape index (κ3) is 5.41. The lowest BCUT2D eigenvalue weighted by atomic mass is 10.2. The standard InChI is InChI=1S/C14H19BrClNO2.ClH/c1-10-7-11(16)8-13(15)14(10)19-6-4-17-9-12-3-2-5-18-12;/h7-8,12,17H,2-6,9H2,1H3;1H. The Morgan fingerprint density at radius 3 is 2.95 bits per heavy atom. The van der Waals surface area contributed by atoms with E-state index in [1.54, 1.807) is 0 Å². The number of aryl methyl sites for hydroxylation is 1. The van der Waals surface area contributed by atoms with E-state index in [0.29, 0.717) is 17.7 Å². The third-order valence-electron chi connectivity index (χ3n) is 3.12. The van der Waals surface area contributed by atoms with E-state index in [1.165, 1.54) is 6.42 Å². The van der Waals surface area contributed by atoms with Crippen LogP contribution in [-0.2, 0) is 4.74 Å². The van der Waals surface area contributed by atoms with Crippen LogP contribution in [0.3, 0.4) is 0 Å². The topological polar surface area (TPSA) is 30.5 Å². The van der Waals surface area contributed by atoms with Crippen molar-refractivity contribution in [3.05, 3.63) is 27.2 Å². The Kier molecular flexibility index (Phi) is 8.22. The van der Waals surface area contributed by atoms with Gasteiger partial charge in [0.25, 0.3) is 0 Å². The minimum absolute atomic E-state index is 0. The highest BCUT2D eigenvalue weighted by molar-refractivity contribution is 9.10. The number of ether oxygens (including phenoxy) is 2. The number of benzene rings is 1. The molecule has 0 saturated carbocycles. The van der Waals surface area contributed by atoms with Crippen molar-refractivity contribution in [1.82, 2.24) is 5.32 Å². The molecule has 1 unspecified atom stereocenters. The van der Waals surface area contributed by atoms with Crippen LogP contribution in [0.15, 0.2) is 16.6 Å². The summed E-state index contributed by atoms with van der Waals surface area (Å²) in [4.78, 5) is 0. The maximum absolute atomic E-state index is 5.97. The van der Waals surface area contributed by atoms with Crippen LogP contribution in [-0.4, -0.2) is 32.4 Å². The van der Waals surface area contributed by atoms with Gasteiger partial charge in [-0.2, -0.15) is 0 Å². The van der Waals surface area contributed by atoms with E-state index in [0.717, 1.165) is 41.9 Å². The minimum atomic E-state index is 0. The van der Waals surface area contributed by atoms with Crippen molar-refractivity contribution in [2.45, 2.75) is 25.9 Å². The summed E-state index contributed by atoms with van der Waals surface area (Å²) in [7, 11) is 0. The molecule has 6 heteroatoms. The molecule has 0 bridgehead atoms. The number of rotatable bonds is 6. The molecule has 1 heterocycles. The monoisotopic (exact) mass is 383 g/mol. The first-order valence-corrected chi connectivity index (χ1v) is 7.74. The van der Waals surface area contributed by atoms with E-state index < -0.39 is 0 Å². The fourth-order valence-corrected chi connectivity index (χ4v) is 3.24. The van der Waals surface area contributed by atoms with Gasteiger partial charge in [-0.15, -0.1) is 12.4 Å². The molecule has 1 aliphatic heterocycles. The van der Waals surface area contributed by atoms with Gasteiger partial charge in [0.15, 0.2) is 0 Å². The summed E-state index contributed by atoms with van der Waals surface area (Å²) in [6.07, 6.45) is 2.72. The smallest absolute Gasteiger partial charge is 0.136 e. The van der Waals surface area contributed by atoms with Gasteiger partial charge in [0.2, 0.25) is 0 Å². The van der Waals surface area contributed by atoms with Gasteiger partial charge >= 0.3 is 0 Å². The van der Waals surface area contributed by atoms with Crippen molar-refractivity contribution in [1.29, 1.82) is 0 Å². The van der Waals surface area contributed by atoms with E-state index >= 15 is 0 Å². The summed E-state index contributed by atoms with van der Waals surface area (Å²) < 4.78 is 12.2. The van der Waals surface area contributed by atoms with Gasteiger partial charge in [-0.3, -0.25) is 0 Å². The number of halogens is 3. The number of hydrogen-bond donors (Lipinski definition) is 1. The van der Waals surface area contributed by atoms with Crippen molar-refractivity contribution in [3.63, 3.8) is 0 Å². The van der Waals surface area contributed by atoms with Crippen LogP contribution in [0.25, 0.3) is 0 Å². The van der Waals surface area contributed by atoms with Crippen molar-refractivity contribution >= 4 is 39.9 Å². The Bertz CT molecular complexity index is 403. The summed E-state index contributed by atoms with van der Waals surface area (Å²) in [6.45, 7) is 5.25. The Labute approximate surface area is 139 Å². The molecule has 1 aromatic rings. The van der Waals surface area contributed by atoms with Crippen LogP contribution >= 0.6 is 39.9 Å². The molecule has 0 aliphatic carbocycles. The maximum Gasteiger partial charge on any atom is 0.136 e. The fraction of sp³-hybridized carbons (Fsp3) is 0.571. The van der Waals surface area contributed by atoms with Gasteiger partial charge < -0.3 is 14.8 Å². The molecule has 1 aromatic carbocycles. The van der Waals surface area contributed by atoms with Crippen molar-refractivity contribution in [2.24, 2.45) is 0 Å². The molecule has 20 heavy (non-hydrogen) atoms. The zero-order valence-electron chi connectivity index (χ0n) is 11.5. The lowest BCUT2D eigenvalue weighted by Crippen LogP contribution is -2.29. The largest absolute Gasteiger partial charge is 0.491 e. The first kappa shape index (κ1) is 18.1. The van der Waals surface area contributed by atoms with Gasteiger partial charge in [0.05, 0.1) is 10.6 Å². The molecule has 1 saturated heterocycles. The zero-order valence-corrected chi connectivity index (χ0v) is 14.6. The molecule has 114 valence electrons. The van der Waals surface area contributed by atoms with E-state index in [-0.39, 0.29) is 12.4 Å². The normalized spacial score (nSPS) is 17.9. The molecule has 0 amide bonds. The Morgan fingerprint density at radius 2 is 2.30 bits per heavy atom. The Balaban J connectivity index is 0.00000200. The van der Waals surface area contributed by atoms with Gasteiger partial charge in [-0.25, -0.2) is 0 Å². The lowest BCUT2D eigenvalue weighted by molar-refractivity contribution is 0.109. The lowest BCUT2D eigenvalue weighted by Gasteiger charge is -2.13. The summed E-state index contributed by atoms with van der Waals surface area (Å²) in [6, 6.07) is 3.76. The van der Waals surface area contributed by atoms with Crippen molar-refractivity contribution in [3.8, 4) is 5.75 Å². The number of hydrogen-bond acceptors (Lipinski definition) is 3. The Hall–Kier alpha value is -0.0000000000000000555. The second-order valence-corrected chi connectivity index (χ2v) is 6.01. The highest BCUT2D eigenvalue weighted by Crippen LogP contribution is 2.31. The van der Waals surface area contributed by atoms with Crippen LogP contribution in [0.4, 0.5) is 0 Å². The SMILES string of the molecule is Cc1cc(Cl)cc(Br)c1OCCNCC1CCCO1.Cl. The summed E-state index contributed by atoms with van der Waals surface area (Å²) in [5.74, 6) is 0.864. The van der Waals surface area contributed by atoms with Crippen molar-refractivity contribution in [2.75, 3.05) is 26.3 Å². The summed E-state index contributed by atoms with van der Waals surface area (Å²) in [5.41, 5.74) is 1.04. The second kappa shape index (κ2) is 9.11. The molecule has 1 aliphatic rings. The van der Waals surface area contributed by atoms with E-state index in [2.05, 4.69) is 21.2 Å². The molecule has 0 radical (unpaired) electrons. The van der Waals surface area contributed by atoms with Gasteiger partial charge in [0, 0.05) is 24.7 Å². The Morgan fingerprint density at radius 1 is 1.50 bits per heavy atom. The van der Waals surface area contributed by atoms with E-state index in [4.69, 9.17) is 21.1 Å². The predicted molar refractivity (Wildman–Crippen MR) is 88.5 cm³/mol. The molecule has 0 aromatic heterocycles. The van der Waals surface area contributed by atoms with Crippen LogP contribution in [0.5, 0.6) is 5.75 Å². The maximum atomic E-state index is 5.97. The quantitative estimate of drug-likeness (QED) is 0.752. The van der Waals surface area contributed by atoms with Crippen LogP contribution in [0.2, 0.25) is 5.02 Å². The summed E-state index contributed by atoms with van der Waals surface area (Å²) in [5, 5.41) is 4.07. The van der Waals surface area contributed by atoms with E-state index in [1.807, 2.05) is 19.1 Å². The second-order valence-electron chi connectivity index (χ2n) is 4.72. The van der Waals surface area contributed by atoms with Crippen LogP contribution in [0.1, 0.15) is 18.4 Å². The predicted octanol–water partition coefficient (Wildman–Crippen LogP) is 3.98. The molecule has 3 nitrogen and oxygen atoms in total. The van der Waals surface area contributed by atoms with Crippen LogP contribution in [0, 0.1) is 6.92 Å². The van der Waals surface area contributed by atoms with Gasteiger partial charge in [-0.05, 0) is 53.4 Å². The van der Waals surface area contributed by atoms with Crippen molar-refractivity contribution < 1.29 is 9.47 Å². The average molecular weight is 385 g/mol. The number of nitrogens with one attached hydrogen (secondary N) is 1. The highest BCUT2D eigenvalue weighted by atomic mass is 79.9. The highest BCUT2D eigenvalue weighted by Gasteiger charge is 2.14. The molecule has 1 atom stereocenters. The molecular formula is C14H20BrCl2NO2. The molecular weight excluding hydrogens is 365 g/mol. The summed E-state index contributed by atoms with van der Waals surface area (Å²) >= 11 is 9.44. The first-order chi connectivity index (χ1) is 9.16. The fourth-order valence-electron chi connectivity index (χ4n) is 2.17. The molecule has 1 fully saturated rings. The van der Waals surface area contributed by atoms with Gasteiger partial charge in [0.1, 0.15) is 12.4 Å². The average Bonchev–Trinajstić information content (AvgIpc) is 2.84. The first-order valence-electron chi connectivity index (χ1n) is 6.57. The molecule has 2 rings (SSSR count). The van der Waals surface area contributed by atoms with E-state index in [9.17, 15) is 0 Å². The minimum Gasteiger partial charge on any atom is -0.491 e. The molecule has 1 N–H and O–H groups in total. The third-order valence-corrected chi connectivity index (χ3v) is 3.92. The van der Waals surface area contributed by atoms with Gasteiger partial charge in [-0.1, -0.05) is 11.6 Å². The molecule has 0 spiro atoms. The van der Waals surface area contributed by atoms with Crippen LogP contribution < -0.4 is 10.1 Å².